The number of halogens is 1. The molecule has 1 unspecified atom stereocenters. The SMILES string of the molecule is CCC(C)NC(=O)[C@H]1C[C@H](O)CN1.Cl. The number of carbonyl (C=O) groups is 1. The highest BCUT2D eigenvalue weighted by Crippen LogP contribution is 2.06. The van der Waals surface area contributed by atoms with Crippen LogP contribution in [0.25, 0.3) is 0 Å². The second-order valence-electron chi connectivity index (χ2n) is 3.67. The van der Waals surface area contributed by atoms with Crippen molar-refractivity contribution >= 4 is 18.3 Å². The zero-order chi connectivity index (χ0) is 9.84. The molecule has 0 aromatic rings. The number of hydrogen-bond donors (Lipinski definition) is 3. The number of nitrogens with one attached hydrogen (secondary N) is 2. The standard InChI is InChI=1S/C9H18N2O2.ClH/c1-3-6(2)11-9(13)8-4-7(12)5-10-8;/h6-8,10,12H,3-5H2,1-2H3,(H,11,13);1H/t6?,7-,8+;/m0./s1. The summed E-state index contributed by atoms with van der Waals surface area (Å²) in [6.45, 7) is 4.53. The minimum atomic E-state index is -0.368. The van der Waals surface area contributed by atoms with Crippen molar-refractivity contribution in [1.29, 1.82) is 0 Å². The average molecular weight is 223 g/mol. The lowest BCUT2D eigenvalue weighted by molar-refractivity contribution is -0.123. The van der Waals surface area contributed by atoms with Crippen LogP contribution in [0.3, 0.4) is 0 Å². The Balaban J connectivity index is 0.00000169. The van der Waals surface area contributed by atoms with Crippen LogP contribution >= 0.6 is 12.4 Å². The van der Waals surface area contributed by atoms with Gasteiger partial charge >= 0.3 is 0 Å². The summed E-state index contributed by atoms with van der Waals surface area (Å²) in [5.41, 5.74) is 0. The molecule has 0 aromatic carbocycles. The summed E-state index contributed by atoms with van der Waals surface area (Å²) in [4.78, 5) is 11.5. The summed E-state index contributed by atoms with van der Waals surface area (Å²) >= 11 is 0. The van der Waals surface area contributed by atoms with Crippen molar-refractivity contribution in [1.82, 2.24) is 10.6 Å². The summed E-state index contributed by atoms with van der Waals surface area (Å²) in [6, 6.07) is 0.0102. The van der Waals surface area contributed by atoms with Crippen molar-refractivity contribution < 1.29 is 9.90 Å². The molecule has 3 N–H and O–H groups in total. The number of rotatable bonds is 3. The van der Waals surface area contributed by atoms with Crippen LogP contribution in [-0.2, 0) is 4.79 Å². The molecular formula is C9H19ClN2O2. The lowest BCUT2D eigenvalue weighted by atomic mass is 10.1. The highest BCUT2D eigenvalue weighted by Gasteiger charge is 2.28. The van der Waals surface area contributed by atoms with Gasteiger partial charge in [0.05, 0.1) is 12.1 Å². The van der Waals surface area contributed by atoms with Gasteiger partial charge in [-0.3, -0.25) is 4.79 Å². The Bertz CT molecular complexity index is 190. The summed E-state index contributed by atoms with van der Waals surface area (Å²) < 4.78 is 0. The van der Waals surface area contributed by atoms with Gasteiger partial charge in [0, 0.05) is 12.6 Å². The third-order valence-electron chi connectivity index (χ3n) is 2.43. The number of aliphatic hydroxyl groups is 1. The Hall–Kier alpha value is -0.320. The molecule has 1 rings (SSSR count). The van der Waals surface area contributed by atoms with Crippen molar-refractivity contribution in [2.24, 2.45) is 0 Å². The molecule has 0 saturated carbocycles. The van der Waals surface area contributed by atoms with Crippen LogP contribution in [0.2, 0.25) is 0 Å². The Labute approximate surface area is 90.9 Å². The van der Waals surface area contributed by atoms with E-state index in [0.717, 1.165) is 6.42 Å². The molecule has 0 spiro atoms. The van der Waals surface area contributed by atoms with Gasteiger partial charge in [-0.05, 0) is 19.8 Å². The van der Waals surface area contributed by atoms with Gasteiger partial charge in [0.15, 0.2) is 0 Å². The quantitative estimate of drug-likeness (QED) is 0.632. The maximum atomic E-state index is 11.5. The minimum Gasteiger partial charge on any atom is -0.392 e. The average Bonchev–Trinajstić information content (AvgIpc) is 2.51. The molecule has 1 heterocycles. The summed E-state index contributed by atoms with van der Waals surface area (Å²) in [5, 5.41) is 15.1. The lowest BCUT2D eigenvalue weighted by Crippen LogP contribution is -2.43. The van der Waals surface area contributed by atoms with E-state index in [1.165, 1.54) is 0 Å². The molecular weight excluding hydrogens is 204 g/mol. The molecule has 3 atom stereocenters. The molecule has 4 nitrogen and oxygen atoms in total. The number of amides is 1. The Kier molecular flexibility index (Phi) is 6.08. The van der Waals surface area contributed by atoms with Crippen molar-refractivity contribution in [2.75, 3.05) is 6.54 Å². The normalized spacial score (nSPS) is 27.9. The summed E-state index contributed by atoms with van der Waals surface area (Å²) in [5.74, 6) is 0.00546. The predicted molar refractivity (Wildman–Crippen MR) is 57.6 cm³/mol. The van der Waals surface area contributed by atoms with Crippen molar-refractivity contribution in [2.45, 2.75) is 44.9 Å². The highest BCUT2D eigenvalue weighted by molar-refractivity contribution is 5.85. The Morgan fingerprint density at radius 3 is 2.79 bits per heavy atom. The molecule has 5 heteroatoms. The third-order valence-corrected chi connectivity index (χ3v) is 2.43. The Morgan fingerprint density at radius 1 is 1.71 bits per heavy atom. The highest BCUT2D eigenvalue weighted by atomic mass is 35.5. The second kappa shape index (κ2) is 6.22. The van der Waals surface area contributed by atoms with Gasteiger partial charge in [-0.15, -0.1) is 12.4 Å². The molecule has 1 amide bonds. The van der Waals surface area contributed by atoms with Gasteiger partial charge in [0.1, 0.15) is 0 Å². The summed E-state index contributed by atoms with van der Waals surface area (Å²) in [7, 11) is 0. The molecule has 0 aliphatic carbocycles. The van der Waals surface area contributed by atoms with Crippen molar-refractivity contribution in [3.05, 3.63) is 0 Å². The topological polar surface area (TPSA) is 61.4 Å². The van der Waals surface area contributed by atoms with E-state index in [0.29, 0.717) is 13.0 Å². The smallest absolute Gasteiger partial charge is 0.237 e. The van der Waals surface area contributed by atoms with Gasteiger partial charge in [0.2, 0.25) is 5.91 Å². The van der Waals surface area contributed by atoms with E-state index < -0.39 is 0 Å². The maximum Gasteiger partial charge on any atom is 0.237 e. The predicted octanol–water partition coefficient (Wildman–Crippen LogP) is 0.0457. The van der Waals surface area contributed by atoms with E-state index in [-0.39, 0.29) is 36.5 Å². The van der Waals surface area contributed by atoms with E-state index in [1.807, 2.05) is 13.8 Å². The molecule has 14 heavy (non-hydrogen) atoms. The molecule has 0 bridgehead atoms. The van der Waals surface area contributed by atoms with Gasteiger partial charge in [-0.2, -0.15) is 0 Å². The molecule has 1 aliphatic rings. The van der Waals surface area contributed by atoms with E-state index in [2.05, 4.69) is 10.6 Å². The van der Waals surface area contributed by atoms with E-state index in [1.54, 1.807) is 0 Å². The fraction of sp³-hybridized carbons (Fsp3) is 0.889. The van der Waals surface area contributed by atoms with Gasteiger partial charge in [0.25, 0.3) is 0 Å². The van der Waals surface area contributed by atoms with Gasteiger partial charge in [-0.25, -0.2) is 0 Å². The second-order valence-corrected chi connectivity index (χ2v) is 3.67. The van der Waals surface area contributed by atoms with Crippen LogP contribution in [0.15, 0.2) is 0 Å². The molecule has 0 radical (unpaired) electrons. The zero-order valence-electron chi connectivity index (χ0n) is 8.62. The van der Waals surface area contributed by atoms with Crippen LogP contribution in [0.4, 0.5) is 0 Å². The number of aliphatic hydroxyl groups excluding tert-OH is 1. The molecule has 1 aliphatic heterocycles. The summed E-state index contributed by atoms with van der Waals surface area (Å²) in [6.07, 6.45) is 1.09. The van der Waals surface area contributed by atoms with Crippen LogP contribution < -0.4 is 10.6 Å². The van der Waals surface area contributed by atoms with Gasteiger partial charge in [-0.1, -0.05) is 6.92 Å². The molecule has 84 valence electrons. The largest absolute Gasteiger partial charge is 0.392 e. The minimum absolute atomic E-state index is 0. The molecule has 0 aromatic heterocycles. The van der Waals surface area contributed by atoms with E-state index >= 15 is 0 Å². The fourth-order valence-corrected chi connectivity index (χ4v) is 1.36. The lowest BCUT2D eigenvalue weighted by Gasteiger charge is -2.15. The van der Waals surface area contributed by atoms with Crippen molar-refractivity contribution in [3.63, 3.8) is 0 Å². The maximum absolute atomic E-state index is 11.5. The monoisotopic (exact) mass is 222 g/mol. The molecule has 1 fully saturated rings. The first kappa shape index (κ1) is 13.7. The number of hydrogen-bond acceptors (Lipinski definition) is 3. The first-order chi connectivity index (χ1) is 6.13. The first-order valence-corrected chi connectivity index (χ1v) is 4.85. The van der Waals surface area contributed by atoms with E-state index in [9.17, 15) is 9.90 Å². The zero-order valence-corrected chi connectivity index (χ0v) is 9.43. The third kappa shape index (κ3) is 3.82. The van der Waals surface area contributed by atoms with Crippen LogP contribution in [0, 0.1) is 0 Å². The first-order valence-electron chi connectivity index (χ1n) is 4.85. The number of β-amino-alcohol motifs (C(OH)–C–C–N with tert-alkyl or cyclic N) is 1. The fourth-order valence-electron chi connectivity index (χ4n) is 1.36. The van der Waals surface area contributed by atoms with Crippen LogP contribution in [-0.4, -0.2) is 35.7 Å². The van der Waals surface area contributed by atoms with Crippen molar-refractivity contribution in [3.8, 4) is 0 Å². The molecule has 1 saturated heterocycles. The van der Waals surface area contributed by atoms with Gasteiger partial charge < -0.3 is 15.7 Å². The number of carbonyl (C=O) groups excluding carboxylic acids is 1. The Morgan fingerprint density at radius 2 is 2.36 bits per heavy atom. The van der Waals surface area contributed by atoms with Crippen LogP contribution in [0.1, 0.15) is 26.7 Å². The van der Waals surface area contributed by atoms with Crippen LogP contribution in [0.5, 0.6) is 0 Å². The van der Waals surface area contributed by atoms with E-state index in [4.69, 9.17) is 0 Å².